The maximum Gasteiger partial charge on any atom is 0.244 e. The molecular weight excluding hydrogens is 224 g/mol. The van der Waals surface area contributed by atoms with Crippen LogP contribution in [0.2, 0.25) is 0 Å². The number of nitrogens with one attached hydrogen (secondary N) is 1. The monoisotopic (exact) mass is 238 g/mol. The van der Waals surface area contributed by atoms with Crippen molar-refractivity contribution in [2.45, 2.75) is 25.3 Å². The molecule has 0 aromatic carbocycles. The van der Waals surface area contributed by atoms with Crippen molar-refractivity contribution in [3.8, 4) is 0 Å². The minimum absolute atomic E-state index is 0.0163. The molecular formula is C11H14N2O2S. The maximum absolute atomic E-state index is 11.5. The van der Waals surface area contributed by atoms with Gasteiger partial charge in [0.1, 0.15) is 0 Å². The number of thiazole rings is 1. The van der Waals surface area contributed by atoms with Crippen LogP contribution in [0.3, 0.4) is 0 Å². The van der Waals surface area contributed by atoms with Gasteiger partial charge < -0.3 is 10.4 Å². The summed E-state index contributed by atoms with van der Waals surface area (Å²) in [4.78, 5) is 15.7. The SMILES string of the molecule is Cc1nc(/C=C/C(=O)NC2(CO)CC2)cs1. The van der Waals surface area contributed by atoms with Crippen LogP contribution < -0.4 is 5.32 Å². The van der Waals surface area contributed by atoms with E-state index in [1.807, 2.05) is 12.3 Å². The van der Waals surface area contributed by atoms with Gasteiger partial charge >= 0.3 is 0 Å². The van der Waals surface area contributed by atoms with Gasteiger partial charge in [-0.2, -0.15) is 0 Å². The molecule has 1 aliphatic carbocycles. The van der Waals surface area contributed by atoms with Crippen LogP contribution in [0.15, 0.2) is 11.5 Å². The number of aryl methyl sites for hydroxylation is 1. The minimum Gasteiger partial charge on any atom is -0.394 e. The van der Waals surface area contributed by atoms with Gasteiger partial charge in [-0.15, -0.1) is 11.3 Å². The summed E-state index contributed by atoms with van der Waals surface area (Å²) >= 11 is 1.55. The van der Waals surface area contributed by atoms with Gasteiger partial charge in [0.2, 0.25) is 5.91 Å². The quantitative estimate of drug-likeness (QED) is 0.772. The lowest BCUT2D eigenvalue weighted by Crippen LogP contribution is -2.38. The zero-order chi connectivity index (χ0) is 11.6. The molecule has 5 heteroatoms. The third-order valence-electron chi connectivity index (χ3n) is 2.59. The predicted octanol–water partition coefficient (Wildman–Crippen LogP) is 1.11. The molecule has 2 N–H and O–H groups in total. The number of carbonyl (C=O) groups is 1. The molecule has 0 unspecified atom stereocenters. The number of amides is 1. The lowest BCUT2D eigenvalue weighted by Gasteiger charge is -2.11. The molecule has 2 rings (SSSR count). The number of hydrogen-bond acceptors (Lipinski definition) is 4. The molecule has 1 aromatic heterocycles. The molecule has 4 nitrogen and oxygen atoms in total. The van der Waals surface area contributed by atoms with Crippen molar-refractivity contribution < 1.29 is 9.90 Å². The minimum atomic E-state index is -0.348. The van der Waals surface area contributed by atoms with Gasteiger partial charge in [-0.1, -0.05) is 0 Å². The van der Waals surface area contributed by atoms with Crippen LogP contribution in [0.25, 0.3) is 6.08 Å². The molecule has 0 aliphatic heterocycles. The topological polar surface area (TPSA) is 62.2 Å². The first-order valence-electron chi connectivity index (χ1n) is 5.17. The molecule has 1 aliphatic rings. The Labute approximate surface area is 98.0 Å². The molecule has 1 heterocycles. The Morgan fingerprint density at radius 2 is 2.50 bits per heavy atom. The Balaban J connectivity index is 1.90. The molecule has 1 amide bonds. The van der Waals surface area contributed by atoms with E-state index in [4.69, 9.17) is 5.11 Å². The fourth-order valence-electron chi connectivity index (χ4n) is 1.39. The molecule has 0 radical (unpaired) electrons. The third kappa shape index (κ3) is 2.68. The van der Waals surface area contributed by atoms with Gasteiger partial charge in [0, 0.05) is 11.5 Å². The van der Waals surface area contributed by atoms with Crippen LogP contribution in [0, 0.1) is 6.92 Å². The molecule has 0 saturated heterocycles. The summed E-state index contributed by atoms with van der Waals surface area (Å²) in [5, 5.41) is 14.7. The van der Waals surface area contributed by atoms with Crippen molar-refractivity contribution in [3.63, 3.8) is 0 Å². The van der Waals surface area contributed by atoms with Crippen LogP contribution in [0.4, 0.5) is 0 Å². The lowest BCUT2D eigenvalue weighted by atomic mass is 10.3. The molecule has 16 heavy (non-hydrogen) atoms. The van der Waals surface area contributed by atoms with E-state index in [9.17, 15) is 4.79 Å². The van der Waals surface area contributed by atoms with E-state index in [0.29, 0.717) is 0 Å². The number of carbonyl (C=O) groups excluding carboxylic acids is 1. The molecule has 1 aromatic rings. The average molecular weight is 238 g/mol. The standard InChI is InChI=1S/C11H14N2O2S/c1-8-12-9(6-16-8)2-3-10(15)13-11(7-14)4-5-11/h2-3,6,14H,4-5,7H2,1H3,(H,13,15)/b3-2+. The molecule has 0 bridgehead atoms. The summed E-state index contributed by atoms with van der Waals surface area (Å²) in [5.41, 5.74) is 0.450. The molecule has 0 atom stereocenters. The van der Waals surface area contributed by atoms with Crippen LogP contribution >= 0.6 is 11.3 Å². The Bertz CT molecular complexity index is 421. The smallest absolute Gasteiger partial charge is 0.244 e. The number of nitrogens with zero attached hydrogens (tertiary/aromatic N) is 1. The normalized spacial score (nSPS) is 17.6. The van der Waals surface area contributed by atoms with Gasteiger partial charge in [-0.25, -0.2) is 4.98 Å². The average Bonchev–Trinajstić information content (AvgIpc) is 2.91. The van der Waals surface area contributed by atoms with Crippen LogP contribution in [-0.4, -0.2) is 28.1 Å². The predicted molar refractivity (Wildman–Crippen MR) is 63.1 cm³/mol. The molecule has 0 spiro atoms. The summed E-state index contributed by atoms with van der Waals surface area (Å²) in [6, 6.07) is 0. The Morgan fingerprint density at radius 3 is 3.00 bits per heavy atom. The Kier molecular flexibility index (Phi) is 3.07. The van der Waals surface area contributed by atoms with Crippen molar-refractivity contribution in [2.75, 3.05) is 6.61 Å². The fraction of sp³-hybridized carbons (Fsp3) is 0.455. The number of hydrogen-bond donors (Lipinski definition) is 2. The second-order valence-electron chi connectivity index (χ2n) is 4.05. The summed E-state index contributed by atoms with van der Waals surface area (Å²) in [6.45, 7) is 1.94. The van der Waals surface area contributed by atoms with Crippen molar-refractivity contribution in [1.29, 1.82) is 0 Å². The van der Waals surface area contributed by atoms with Crippen LogP contribution in [0.1, 0.15) is 23.5 Å². The third-order valence-corrected chi connectivity index (χ3v) is 3.38. The van der Waals surface area contributed by atoms with Crippen molar-refractivity contribution in [2.24, 2.45) is 0 Å². The summed E-state index contributed by atoms with van der Waals surface area (Å²) in [7, 11) is 0. The van der Waals surface area contributed by atoms with Gasteiger partial charge in [0.25, 0.3) is 0 Å². The second-order valence-corrected chi connectivity index (χ2v) is 5.11. The van der Waals surface area contributed by atoms with Crippen molar-refractivity contribution >= 4 is 23.3 Å². The number of aromatic nitrogens is 1. The Hall–Kier alpha value is -1.20. The first-order chi connectivity index (χ1) is 7.63. The van der Waals surface area contributed by atoms with E-state index < -0.39 is 0 Å². The van der Waals surface area contributed by atoms with Crippen molar-refractivity contribution in [1.82, 2.24) is 10.3 Å². The maximum atomic E-state index is 11.5. The van der Waals surface area contributed by atoms with E-state index >= 15 is 0 Å². The number of aliphatic hydroxyl groups is 1. The lowest BCUT2D eigenvalue weighted by molar-refractivity contribution is -0.117. The fourth-order valence-corrected chi connectivity index (χ4v) is 1.98. The second kappa shape index (κ2) is 4.35. The highest BCUT2D eigenvalue weighted by molar-refractivity contribution is 7.09. The zero-order valence-electron chi connectivity index (χ0n) is 9.06. The van der Waals surface area contributed by atoms with Crippen LogP contribution in [0.5, 0.6) is 0 Å². The number of aliphatic hydroxyl groups excluding tert-OH is 1. The Morgan fingerprint density at radius 1 is 1.75 bits per heavy atom. The van der Waals surface area contributed by atoms with Crippen molar-refractivity contribution in [3.05, 3.63) is 22.2 Å². The highest BCUT2D eigenvalue weighted by atomic mass is 32.1. The molecule has 1 saturated carbocycles. The summed E-state index contributed by atoms with van der Waals surface area (Å²) in [5.74, 6) is -0.169. The number of rotatable bonds is 4. The first-order valence-corrected chi connectivity index (χ1v) is 6.05. The highest BCUT2D eigenvalue weighted by Gasteiger charge is 2.42. The van der Waals surface area contributed by atoms with E-state index in [0.717, 1.165) is 23.5 Å². The highest BCUT2D eigenvalue weighted by Crippen LogP contribution is 2.34. The van der Waals surface area contributed by atoms with E-state index in [1.54, 1.807) is 17.4 Å². The van der Waals surface area contributed by atoms with Crippen LogP contribution in [-0.2, 0) is 4.79 Å². The molecule has 1 fully saturated rings. The largest absolute Gasteiger partial charge is 0.394 e. The van der Waals surface area contributed by atoms with Gasteiger partial charge in [-0.3, -0.25) is 4.79 Å². The van der Waals surface area contributed by atoms with Gasteiger partial charge in [0.15, 0.2) is 0 Å². The first kappa shape index (κ1) is 11.3. The zero-order valence-corrected chi connectivity index (χ0v) is 9.88. The van der Waals surface area contributed by atoms with Gasteiger partial charge in [0.05, 0.1) is 22.8 Å². The van der Waals surface area contributed by atoms with E-state index in [-0.39, 0.29) is 18.1 Å². The summed E-state index contributed by atoms with van der Waals surface area (Å²) in [6.07, 6.45) is 4.87. The molecule has 86 valence electrons. The summed E-state index contributed by atoms with van der Waals surface area (Å²) < 4.78 is 0. The van der Waals surface area contributed by atoms with Gasteiger partial charge in [-0.05, 0) is 25.8 Å². The van der Waals surface area contributed by atoms with E-state index in [1.165, 1.54) is 6.08 Å². The van der Waals surface area contributed by atoms with E-state index in [2.05, 4.69) is 10.3 Å².